The topological polar surface area (TPSA) is 49.4 Å². The number of nitrogens with one attached hydrogen (secondary N) is 1. The minimum absolute atomic E-state index is 0.0663. The summed E-state index contributed by atoms with van der Waals surface area (Å²) in [5, 5.41) is 3.11. The van der Waals surface area contributed by atoms with E-state index in [1.54, 1.807) is 4.90 Å². The van der Waals surface area contributed by atoms with Gasteiger partial charge in [-0.25, -0.2) is 0 Å². The second-order valence-electron chi connectivity index (χ2n) is 7.72. The molecule has 1 aliphatic heterocycles. The highest BCUT2D eigenvalue weighted by molar-refractivity contribution is 6.02. The highest BCUT2D eigenvalue weighted by Crippen LogP contribution is 2.52. The molecule has 0 aromatic carbocycles. The Kier molecular flexibility index (Phi) is 4.79. The molecule has 23 heavy (non-hydrogen) atoms. The van der Waals surface area contributed by atoms with Crippen LogP contribution in [0.1, 0.15) is 71.6 Å². The van der Waals surface area contributed by atoms with Gasteiger partial charge < -0.3 is 10.2 Å². The summed E-state index contributed by atoms with van der Waals surface area (Å²) in [5.41, 5.74) is 1.11. The summed E-state index contributed by atoms with van der Waals surface area (Å²) in [4.78, 5) is 27.2. The van der Waals surface area contributed by atoms with Crippen LogP contribution in [0.4, 0.5) is 0 Å². The van der Waals surface area contributed by atoms with Gasteiger partial charge in [-0.3, -0.25) is 9.59 Å². The lowest BCUT2D eigenvalue weighted by Gasteiger charge is -2.55. The highest BCUT2D eigenvalue weighted by atomic mass is 16.2. The minimum Gasteiger partial charge on any atom is -0.354 e. The Morgan fingerprint density at radius 1 is 1.30 bits per heavy atom. The van der Waals surface area contributed by atoms with E-state index in [0.717, 1.165) is 32.1 Å². The van der Waals surface area contributed by atoms with Crippen molar-refractivity contribution in [1.29, 1.82) is 0 Å². The summed E-state index contributed by atoms with van der Waals surface area (Å²) in [7, 11) is 0. The van der Waals surface area contributed by atoms with Crippen LogP contribution in [0.3, 0.4) is 0 Å². The maximum absolute atomic E-state index is 12.8. The van der Waals surface area contributed by atoms with Gasteiger partial charge >= 0.3 is 0 Å². The van der Waals surface area contributed by atoms with E-state index in [1.165, 1.54) is 31.3 Å². The van der Waals surface area contributed by atoms with Gasteiger partial charge in [0, 0.05) is 12.6 Å². The molecule has 0 aromatic rings. The largest absolute Gasteiger partial charge is 0.354 e. The normalized spacial score (nSPS) is 26.4. The van der Waals surface area contributed by atoms with Gasteiger partial charge in [-0.05, 0) is 58.8 Å². The first-order chi connectivity index (χ1) is 11.1. The molecule has 1 N–H and O–H groups in total. The van der Waals surface area contributed by atoms with E-state index in [1.807, 2.05) is 13.8 Å². The summed E-state index contributed by atoms with van der Waals surface area (Å²) >= 11 is 0. The number of hydrogen-bond acceptors (Lipinski definition) is 2. The number of likely N-dealkylation sites (tertiary alicyclic amines) is 1. The summed E-state index contributed by atoms with van der Waals surface area (Å²) in [6, 6.07) is -0.136. The van der Waals surface area contributed by atoms with Crippen LogP contribution in [0.25, 0.3) is 0 Å². The maximum Gasteiger partial charge on any atom is 0.243 e. The van der Waals surface area contributed by atoms with E-state index in [4.69, 9.17) is 0 Å². The first kappa shape index (κ1) is 16.5. The number of amides is 2. The van der Waals surface area contributed by atoms with Crippen LogP contribution in [-0.2, 0) is 9.59 Å². The molecule has 0 bridgehead atoms. The van der Waals surface area contributed by atoms with Crippen molar-refractivity contribution >= 4 is 11.8 Å². The lowest BCUT2D eigenvalue weighted by atomic mass is 9.68. The van der Waals surface area contributed by atoms with Crippen LogP contribution < -0.4 is 5.32 Å². The minimum atomic E-state index is -0.377. The molecule has 1 atom stereocenters. The van der Waals surface area contributed by atoms with Crippen LogP contribution in [0.5, 0.6) is 0 Å². The highest BCUT2D eigenvalue weighted by Gasteiger charge is 2.64. The van der Waals surface area contributed by atoms with Gasteiger partial charge in [-0.15, -0.1) is 0 Å². The molecule has 2 amide bonds. The third-order valence-corrected chi connectivity index (χ3v) is 5.89. The Balaban J connectivity index is 1.59. The summed E-state index contributed by atoms with van der Waals surface area (Å²) in [5.74, 6) is 0.275. The molecule has 2 aliphatic carbocycles. The molecule has 4 heteroatoms. The number of β-lactam (4-membered cyclic amide) rings is 1. The van der Waals surface area contributed by atoms with Gasteiger partial charge in [0.1, 0.15) is 6.04 Å². The molecule has 1 unspecified atom stereocenters. The number of carbonyl (C=O) groups is 2. The quantitative estimate of drug-likeness (QED) is 0.625. The Morgan fingerprint density at radius 3 is 2.65 bits per heavy atom. The van der Waals surface area contributed by atoms with Crippen molar-refractivity contribution in [3.8, 4) is 0 Å². The lowest BCUT2D eigenvalue weighted by molar-refractivity contribution is -0.181. The van der Waals surface area contributed by atoms with Crippen LogP contribution in [0.15, 0.2) is 11.6 Å². The molecule has 1 heterocycles. The van der Waals surface area contributed by atoms with Crippen molar-refractivity contribution in [2.45, 2.75) is 83.7 Å². The fourth-order valence-electron chi connectivity index (χ4n) is 4.67. The van der Waals surface area contributed by atoms with Crippen molar-refractivity contribution in [3.63, 3.8) is 0 Å². The lowest BCUT2D eigenvalue weighted by Crippen LogP contribution is -2.74. The van der Waals surface area contributed by atoms with Gasteiger partial charge in [0.15, 0.2) is 0 Å². The first-order valence-corrected chi connectivity index (χ1v) is 9.34. The van der Waals surface area contributed by atoms with Crippen molar-refractivity contribution in [1.82, 2.24) is 10.2 Å². The van der Waals surface area contributed by atoms with E-state index in [-0.39, 0.29) is 29.3 Å². The first-order valence-electron chi connectivity index (χ1n) is 9.34. The third-order valence-electron chi connectivity index (χ3n) is 5.89. The SMILES string of the molecule is CC(C)N1C(=O)C2(CCCC2)C1C(=O)NCCC1=CCCCC1. The van der Waals surface area contributed by atoms with Crippen LogP contribution in [0.2, 0.25) is 0 Å². The van der Waals surface area contributed by atoms with E-state index in [9.17, 15) is 9.59 Å². The van der Waals surface area contributed by atoms with Crippen molar-refractivity contribution < 1.29 is 9.59 Å². The average Bonchev–Trinajstić information content (AvgIpc) is 3.04. The van der Waals surface area contributed by atoms with Gasteiger partial charge in [0.05, 0.1) is 5.41 Å². The molecule has 3 rings (SSSR count). The molecule has 128 valence electrons. The molecule has 1 spiro atoms. The predicted octanol–water partition coefficient (Wildman–Crippen LogP) is 3.17. The molecule has 1 saturated heterocycles. The summed E-state index contributed by atoms with van der Waals surface area (Å²) < 4.78 is 0. The fourth-order valence-corrected chi connectivity index (χ4v) is 4.67. The summed E-state index contributed by atoms with van der Waals surface area (Å²) in [6.07, 6.45) is 12.2. The van der Waals surface area contributed by atoms with E-state index in [2.05, 4.69) is 11.4 Å². The average molecular weight is 318 g/mol. The van der Waals surface area contributed by atoms with Crippen LogP contribution in [0, 0.1) is 5.41 Å². The Labute approximate surface area is 139 Å². The van der Waals surface area contributed by atoms with E-state index >= 15 is 0 Å². The number of nitrogens with zero attached hydrogens (tertiary/aromatic N) is 1. The Morgan fingerprint density at radius 2 is 2.04 bits per heavy atom. The van der Waals surface area contributed by atoms with Crippen LogP contribution in [-0.4, -0.2) is 35.3 Å². The van der Waals surface area contributed by atoms with Crippen molar-refractivity contribution in [2.24, 2.45) is 5.41 Å². The third kappa shape index (κ3) is 2.92. The fraction of sp³-hybridized carbons (Fsp3) is 0.789. The monoisotopic (exact) mass is 318 g/mol. The number of carbonyl (C=O) groups excluding carboxylic acids is 2. The standard InChI is InChI=1S/C19H30N2O2/c1-14(2)21-16(19(18(21)23)11-6-7-12-19)17(22)20-13-10-15-8-4-3-5-9-15/h8,14,16H,3-7,9-13H2,1-2H3,(H,20,22). The smallest absolute Gasteiger partial charge is 0.243 e. The van der Waals surface area contributed by atoms with E-state index < -0.39 is 0 Å². The Bertz CT molecular complexity index is 503. The number of allylic oxidation sites excluding steroid dienone is 1. The Hall–Kier alpha value is -1.32. The molecule has 1 saturated carbocycles. The molecule has 3 aliphatic rings. The maximum atomic E-state index is 12.8. The molecule has 0 radical (unpaired) electrons. The predicted molar refractivity (Wildman–Crippen MR) is 90.8 cm³/mol. The molecule has 2 fully saturated rings. The zero-order valence-electron chi connectivity index (χ0n) is 14.6. The molecule has 0 aromatic heterocycles. The van der Waals surface area contributed by atoms with Crippen molar-refractivity contribution in [2.75, 3.05) is 6.54 Å². The van der Waals surface area contributed by atoms with E-state index in [0.29, 0.717) is 6.54 Å². The van der Waals surface area contributed by atoms with Gasteiger partial charge in [-0.1, -0.05) is 24.5 Å². The zero-order valence-corrected chi connectivity index (χ0v) is 14.6. The van der Waals surface area contributed by atoms with Gasteiger partial charge in [0.25, 0.3) is 0 Å². The van der Waals surface area contributed by atoms with Gasteiger partial charge in [-0.2, -0.15) is 0 Å². The molecular formula is C19H30N2O2. The van der Waals surface area contributed by atoms with Gasteiger partial charge in [0.2, 0.25) is 11.8 Å². The van der Waals surface area contributed by atoms with Crippen LogP contribution >= 0.6 is 0 Å². The second kappa shape index (κ2) is 6.66. The number of hydrogen-bond donors (Lipinski definition) is 1. The molecular weight excluding hydrogens is 288 g/mol. The zero-order chi connectivity index (χ0) is 16.4. The summed E-state index contributed by atoms with van der Waals surface area (Å²) in [6.45, 7) is 4.72. The van der Waals surface area contributed by atoms with Crippen molar-refractivity contribution in [3.05, 3.63) is 11.6 Å². The molecule has 4 nitrogen and oxygen atoms in total. The second-order valence-corrected chi connectivity index (χ2v) is 7.72. The number of rotatable bonds is 5.